The molecule has 0 aromatic heterocycles. The van der Waals surface area contributed by atoms with Gasteiger partial charge < -0.3 is 10.5 Å². The highest BCUT2D eigenvalue weighted by atomic mass is 16.5. The molecule has 0 radical (unpaired) electrons. The summed E-state index contributed by atoms with van der Waals surface area (Å²) in [6.07, 6.45) is 5.03. The van der Waals surface area contributed by atoms with Crippen LogP contribution in [0.5, 0.6) is 0 Å². The maximum Gasteiger partial charge on any atom is 0.139 e. The van der Waals surface area contributed by atoms with Crippen molar-refractivity contribution in [2.45, 2.75) is 46.2 Å². The molecule has 0 aromatic rings. The second-order valence-electron chi connectivity index (χ2n) is 3.23. The van der Waals surface area contributed by atoms with E-state index in [1.165, 1.54) is 19.0 Å². The predicted molar refractivity (Wildman–Crippen MR) is 62.7 cm³/mol. The lowest BCUT2D eigenvalue weighted by molar-refractivity contribution is 0.197. The van der Waals surface area contributed by atoms with Crippen molar-refractivity contribution in [3.63, 3.8) is 0 Å². The summed E-state index contributed by atoms with van der Waals surface area (Å²) in [4.78, 5) is 0. The van der Waals surface area contributed by atoms with Crippen molar-refractivity contribution in [2.75, 3.05) is 20.3 Å². The van der Waals surface area contributed by atoms with Crippen LogP contribution >= 0.6 is 0 Å². The number of nitrogens with two attached hydrogens (primary N) is 1. The minimum absolute atomic E-state index is 0.730. The van der Waals surface area contributed by atoms with Gasteiger partial charge in [0.1, 0.15) is 6.71 Å². The number of rotatable bonds is 6. The second-order valence-corrected chi connectivity index (χ2v) is 3.23. The first-order valence-corrected chi connectivity index (χ1v) is 5.45. The Kier molecular flexibility index (Phi) is 17.2. The van der Waals surface area contributed by atoms with E-state index in [1.807, 2.05) is 0 Å². The average Bonchev–Trinajstić information content (AvgIpc) is 2.18. The van der Waals surface area contributed by atoms with E-state index >= 15 is 0 Å². The molecule has 0 aliphatic carbocycles. The standard InChI is InChI=1S/C6H15B.C4H11NO/c1-4-7(5-2)6-3;1-6-4-2-3-5/h4-6H2,1-3H3;2-5H2,1H3. The Labute approximate surface area is 84.3 Å². The molecule has 0 heterocycles. The molecule has 0 saturated carbocycles. The number of hydrogen-bond acceptors (Lipinski definition) is 2. The van der Waals surface area contributed by atoms with E-state index in [4.69, 9.17) is 10.5 Å². The van der Waals surface area contributed by atoms with E-state index in [0.717, 1.165) is 26.3 Å². The van der Waals surface area contributed by atoms with Crippen LogP contribution in [0, 0.1) is 0 Å². The zero-order valence-corrected chi connectivity index (χ0v) is 9.81. The molecule has 0 atom stereocenters. The van der Waals surface area contributed by atoms with E-state index in [1.54, 1.807) is 7.11 Å². The maximum absolute atomic E-state index is 5.13. The third-order valence-electron chi connectivity index (χ3n) is 2.28. The van der Waals surface area contributed by atoms with Gasteiger partial charge in [0.25, 0.3) is 0 Å². The summed E-state index contributed by atoms with van der Waals surface area (Å²) >= 11 is 0. The van der Waals surface area contributed by atoms with Gasteiger partial charge in [-0.15, -0.1) is 0 Å². The summed E-state index contributed by atoms with van der Waals surface area (Å²) in [5, 5.41) is 0. The maximum atomic E-state index is 5.13. The number of ether oxygens (including phenoxy) is 1. The average molecular weight is 187 g/mol. The van der Waals surface area contributed by atoms with Crippen molar-refractivity contribution in [2.24, 2.45) is 5.73 Å². The molecule has 0 rings (SSSR count). The third-order valence-corrected chi connectivity index (χ3v) is 2.28. The lowest BCUT2D eigenvalue weighted by Gasteiger charge is -2.00. The first kappa shape index (κ1) is 15.5. The van der Waals surface area contributed by atoms with Crippen LogP contribution in [0.3, 0.4) is 0 Å². The quantitative estimate of drug-likeness (QED) is 0.512. The SMILES string of the molecule is CCB(CC)CC.COCCCN. The highest BCUT2D eigenvalue weighted by Crippen LogP contribution is 2.01. The molecule has 0 aliphatic rings. The van der Waals surface area contributed by atoms with Crippen LogP contribution in [-0.4, -0.2) is 27.0 Å². The van der Waals surface area contributed by atoms with Gasteiger partial charge in [0.2, 0.25) is 0 Å². The van der Waals surface area contributed by atoms with Crippen LogP contribution in [0.1, 0.15) is 27.2 Å². The van der Waals surface area contributed by atoms with Gasteiger partial charge >= 0.3 is 0 Å². The van der Waals surface area contributed by atoms with Crippen LogP contribution in [0.25, 0.3) is 0 Å². The first-order chi connectivity index (χ1) is 6.26. The zero-order chi connectivity index (χ0) is 10.5. The molecule has 3 heteroatoms. The Bertz CT molecular complexity index is 67.8. The van der Waals surface area contributed by atoms with Crippen molar-refractivity contribution in [3.8, 4) is 0 Å². The molecule has 2 nitrogen and oxygen atoms in total. The monoisotopic (exact) mass is 187 g/mol. The molecule has 0 bridgehead atoms. The highest BCUT2D eigenvalue weighted by Gasteiger charge is 2.01. The molecular weight excluding hydrogens is 161 g/mol. The molecular formula is C10H26BNO. The van der Waals surface area contributed by atoms with Crippen LogP contribution in [0.2, 0.25) is 19.0 Å². The molecule has 0 unspecified atom stereocenters. The molecule has 0 saturated heterocycles. The third kappa shape index (κ3) is 14.8. The van der Waals surface area contributed by atoms with Gasteiger partial charge in [-0.05, 0) is 13.0 Å². The summed E-state index contributed by atoms with van der Waals surface area (Å²) in [6.45, 7) is 9.29. The second kappa shape index (κ2) is 14.5. The summed E-state index contributed by atoms with van der Waals surface area (Å²) in [6, 6.07) is 0. The Balaban J connectivity index is 0. The molecule has 80 valence electrons. The lowest BCUT2D eigenvalue weighted by atomic mass is 9.44. The van der Waals surface area contributed by atoms with E-state index in [0.29, 0.717) is 0 Å². The van der Waals surface area contributed by atoms with Gasteiger partial charge in [-0.3, -0.25) is 0 Å². The van der Waals surface area contributed by atoms with Gasteiger partial charge in [0.15, 0.2) is 0 Å². The summed E-state index contributed by atoms with van der Waals surface area (Å²) in [5.41, 5.74) is 5.13. The Morgan fingerprint density at radius 3 is 1.62 bits per heavy atom. The molecule has 13 heavy (non-hydrogen) atoms. The fourth-order valence-electron chi connectivity index (χ4n) is 1.09. The molecule has 0 aromatic carbocycles. The van der Waals surface area contributed by atoms with Crippen molar-refractivity contribution >= 4 is 6.71 Å². The summed E-state index contributed by atoms with van der Waals surface area (Å²) < 4.78 is 4.70. The van der Waals surface area contributed by atoms with E-state index < -0.39 is 0 Å². The molecule has 0 aliphatic heterocycles. The van der Waals surface area contributed by atoms with Gasteiger partial charge in [-0.2, -0.15) is 0 Å². The normalized spacial score (nSPS) is 9.00. The van der Waals surface area contributed by atoms with Gasteiger partial charge in [0.05, 0.1) is 0 Å². The Hall–Kier alpha value is -0.0151. The largest absolute Gasteiger partial charge is 0.385 e. The molecule has 0 fully saturated rings. The fraction of sp³-hybridized carbons (Fsp3) is 1.00. The highest BCUT2D eigenvalue weighted by molar-refractivity contribution is 6.58. The Morgan fingerprint density at radius 1 is 1.08 bits per heavy atom. The van der Waals surface area contributed by atoms with Crippen LogP contribution in [-0.2, 0) is 4.74 Å². The predicted octanol–water partition coefficient (Wildman–Crippen LogP) is 2.52. The van der Waals surface area contributed by atoms with E-state index in [2.05, 4.69) is 20.8 Å². The summed E-state index contributed by atoms with van der Waals surface area (Å²) in [7, 11) is 1.68. The van der Waals surface area contributed by atoms with Crippen LogP contribution < -0.4 is 5.73 Å². The fourth-order valence-corrected chi connectivity index (χ4v) is 1.09. The zero-order valence-electron chi connectivity index (χ0n) is 9.81. The van der Waals surface area contributed by atoms with Crippen LogP contribution in [0.15, 0.2) is 0 Å². The minimum atomic E-state index is 0.730. The minimum Gasteiger partial charge on any atom is -0.385 e. The van der Waals surface area contributed by atoms with Crippen molar-refractivity contribution in [1.29, 1.82) is 0 Å². The lowest BCUT2D eigenvalue weighted by Crippen LogP contribution is -2.04. The van der Waals surface area contributed by atoms with Gasteiger partial charge in [0, 0.05) is 13.7 Å². The van der Waals surface area contributed by atoms with Crippen LogP contribution in [0.4, 0.5) is 0 Å². The first-order valence-electron chi connectivity index (χ1n) is 5.45. The van der Waals surface area contributed by atoms with E-state index in [-0.39, 0.29) is 0 Å². The van der Waals surface area contributed by atoms with Gasteiger partial charge in [-0.25, -0.2) is 0 Å². The smallest absolute Gasteiger partial charge is 0.139 e. The van der Waals surface area contributed by atoms with Gasteiger partial charge in [-0.1, -0.05) is 39.7 Å². The topological polar surface area (TPSA) is 35.2 Å². The number of methoxy groups -OCH3 is 1. The Morgan fingerprint density at radius 2 is 1.54 bits per heavy atom. The van der Waals surface area contributed by atoms with E-state index in [9.17, 15) is 0 Å². The van der Waals surface area contributed by atoms with Crippen molar-refractivity contribution in [1.82, 2.24) is 0 Å². The van der Waals surface area contributed by atoms with Crippen molar-refractivity contribution < 1.29 is 4.74 Å². The van der Waals surface area contributed by atoms with Crippen molar-refractivity contribution in [3.05, 3.63) is 0 Å². The molecule has 0 amide bonds. The molecule has 2 N–H and O–H groups in total. The number of hydrogen-bond donors (Lipinski definition) is 1. The summed E-state index contributed by atoms with van der Waals surface area (Å²) in [5.74, 6) is 0. The molecule has 0 spiro atoms.